The van der Waals surface area contributed by atoms with E-state index in [2.05, 4.69) is 69.4 Å². The molecular weight excluding hydrogens is 495 g/mol. The lowest BCUT2D eigenvalue weighted by atomic mass is 9.35. The van der Waals surface area contributed by atoms with Gasteiger partial charge in [0.25, 0.3) is 0 Å². The summed E-state index contributed by atoms with van der Waals surface area (Å²) in [5.41, 5.74) is 5.22. The third-order valence-electron chi connectivity index (χ3n) is 10.8. The molecule has 0 radical (unpaired) electrons. The molecule has 0 aromatic rings. The zero-order valence-corrected chi connectivity index (χ0v) is 22.2. The summed E-state index contributed by atoms with van der Waals surface area (Å²) in [5.74, 6) is 0.423. The Balaban J connectivity index is 1.66. The molecule has 0 aromatic heterocycles. The molecule has 0 aliphatic heterocycles. The van der Waals surface area contributed by atoms with Crippen LogP contribution in [0.4, 0.5) is 0 Å². The molecule has 0 aromatic carbocycles. The van der Waals surface area contributed by atoms with Crippen molar-refractivity contribution in [3.05, 3.63) is 46.3 Å². The Labute approximate surface area is 201 Å². The Morgan fingerprint density at radius 3 is 2.35 bits per heavy atom. The molecule has 6 atom stereocenters. The topological polar surface area (TPSA) is 37.3 Å². The van der Waals surface area contributed by atoms with Gasteiger partial charge in [0.2, 0.25) is 5.78 Å². The first-order chi connectivity index (χ1) is 14.3. The number of hydrogen-bond donors (Lipinski definition) is 1. The van der Waals surface area contributed by atoms with Crippen LogP contribution in [0, 0.1) is 27.6 Å². The van der Waals surface area contributed by atoms with Crippen molar-refractivity contribution < 1.29 is 9.90 Å². The molecule has 0 heterocycles. The van der Waals surface area contributed by atoms with Crippen LogP contribution >= 0.6 is 22.6 Å². The predicted octanol–water partition coefficient (Wildman–Crippen LogP) is 7.80. The van der Waals surface area contributed by atoms with Crippen LogP contribution in [-0.4, -0.2) is 14.3 Å². The van der Waals surface area contributed by atoms with E-state index in [-0.39, 0.29) is 27.8 Å². The lowest BCUT2D eigenvalue weighted by Gasteiger charge is -2.70. The van der Waals surface area contributed by atoms with Gasteiger partial charge in [-0.3, -0.25) is 4.79 Å². The smallest absolute Gasteiger partial charge is 0.220 e. The molecule has 1 N–H and O–H groups in total. The van der Waals surface area contributed by atoms with Gasteiger partial charge in [0.05, 0.1) is 0 Å². The molecule has 5 aliphatic rings. The van der Waals surface area contributed by atoms with Crippen LogP contribution < -0.4 is 0 Å². The van der Waals surface area contributed by atoms with Crippen molar-refractivity contribution in [3.63, 3.8) is 0 Å². The highest BCUT2D eigenvalue weighted by atomic mass is 127. The van der Waals surface area contributed by atoms with Gasteiger partial charge in [-0.25, -0.2) is 0 Å². The van der Waals surface area contributed by atoms with E-state index < -0.39 is 0 Å². The second-order valence-corrected chi connectivity index (χ2v) is 15.1. The highest BCUT2D eigenvalue weighted by Gasteiger charge is 2.66. The summed E-state index contributed by atoms with van der Waals surface area (Å²) in [5, 5.41) is 10.3. The quantitative estimate of drug-likeness (QED) is 0.255. The molecule has 0 unspecified atom stereocenters. The molecule has 31 heavy (non-hydrogen) atoms. The van der Waals surface area contributed by atoms with Crippen molar-refractivity contribution in [1.29, 1.82) is 0 Å². The Bertz CT molecular complexity index is 1010. The molecule has 3 heteroatoms. The minimum absolute atomic E-state index is 0.0840. The lowest BCUT2D eigenvalue weighted by molar-refractivity contribution is -0.143. The number of allylic oxidation sites excluding steroid dienone is 7. The Morgan fingerprint density at radius 1 is 0.968 bits per heavy atom. The molecule has 0 saturated heterocycles. The molecule has 0 spiro atoms. The fourth-order valence-electron chi connectivity index (χ4n) is 8.42. The number of aliphatic hydroxyl groups excluding tert-OH is 1. The van der Waals surface area contributed by atoms with Crippen LogP contribution in [0.3, 0.4) is 0 Å². The second-order valence-electron chi connectivity index (χ2n) is 12.5. The zero-order valence-electron chi connectivity index (χ0n) is 20.0. The van der Waals surface area contributed by atoms with Crippen LogP contribution in [-0.2, 0) is 4.79 Å². The monoisotopic (exact) mass is 532 g/mol. The number of hydrogen-bond acceptors (Lipinski definition) is 2. The first-order valence-electron chi connectivity index (χ1n) is 12.1. The maximum atomic E-state index is 12.6. The fraction of sp³-hybridized carbons (Fsp3) is 0.679. The van der Waals surface area contributed by atoms with Crippen LogP contribution in [0.2, 0.25) is 0 Å². The van der Waals surface area contributed by atoms with Crippen molar-refractivity contribution in [3.8, 4) is 0 Å². The van der Waals surface area contributed by atoms with Gasteiger partial charge >= 0.3 is 0 Å². The molecule has 0 bridgehead atoms. The van der Waals surface area contributed by atoms with Crippen LogP contribution in [0.25, 0.3) is 0 Å². The van der Waals surface area contributed by atoms with Gasteiger partial charge in [-0.2, -0.15) is 0 Å². The van der Waals surface area contributed by atoms with E-state index in [1.54, 1.807) is 6.08 Å². The number of rotatable bonds is 0. The molecule has 3 fully saturated rings. The number of alkyl halides is 1. The van der Waals surface area contributed by atoms with E-state index in [9.17, 15) is 9.90 Å². The summed E-state index contributed by atoms with van der Waals surface area (Å²) < 4.78 is 0.399. The van der Waals surface area contributed by atoms with Crippen molar-refractivity contribution in [2.24, 2.45) is 27.6 Å². The van der Waals surface area contributed by atoms with Crippen LogP contribution in [0.1, 0.15) is 86.5 Å². The average molecular weight is 533 g/mol. The third kappa shape index (κ3) is 2.71. The van der Waals surface area contributed by atoms with Gasteiger partial charge in [0.1, 0.15) is 0 Å². The summed E-state index contributed by atoms with van der Waals surface area (Å²) >= 11 is 2.73. The normalized spacial score (nSPS) is 49.2. The minimum Gasteiger partial charge on any atom is -0.504 e. The minimum atomic E-state index is -0.227. The largest absolute Gasteiger partial charge is 0.504 e. The molecule has 168 valence electrons. The van der Waals surface area contributed by atoms with Crippen molar-refractivity contribution >= 4 is 28.4 Å². The summed E-state index contributed by atoms with van der Waals surface area (Å²) in [4.78, 5) is 12.6. The van der Waals surface area contributed by atoms with Crippen molar-refractivity contribution in [2.45, 2.75) is 89.9 Å². The summed E-state index contributed by atoms with van der Waals surface area (Å²) in [6, 6.07) is 0. The second kappa shape index (κ2) is 6.39. The molecular formula is C28H37IO2. The maximum absolute atomic E-state index is 12.6. The maximum Gasteiger partial charge on any atom is 0.220 e. The highest BCUT2D eigenvalue weighted by molar-refractivity contribution is 14.1. The van der Waals surface area contributed by atoms with Gasteiger partial charge in [-0.1, -0.05) is 74.9 Å². The third-order valence-corrected chi connectivity index (χ3v) is 11.8. The lowest BCUT2D eigenvalue weighted by Crippen LogP contribution is -2.61. The van der Waals surface area contributed by atoms with Crippen LogP contribution in [0.5, 0.6) is 0 Å². The van der Waals surface area contributed by atoms with E-state index >= 15 is 0 Å². The van der Waals surface area contributed by atoms with Gasteiger partial charge in [0.15, 0.2) is 5.76 Å². The zero-order chi connectivity index (χ0) is 22.6. The number of halogens is 1. The van der Waals surface area contributed by atoms with Gasteiger partial charge in [-0.15, -0.1) is 0 Å². The van der Waals surface area contributed by atoms with Crippen molar-refractivity contribution in [1.82, 2.24) is 0 Å². The summed E-state index contributed by atoms with van der Waals surface area (Å²) in [7, 11) is 0. The Hall–Kier alpha value is -0.840. The van der Waals surface area contributed by atoms with Gasteiger partial charge in [-0.05, 0) is 91.3 Å². The number of fused-ring (bicyclic) bond motifs is 7. The molecule has 5 aliphatic carbocycles. The first-order valence-corrected chi connectivity index (χ1v) is 13.1. The highest BCUT2D eigenvalue weighted by Crippen LogP contribution is 2.75. The number of aliphatic hydroxyl groups is 1. The Morgan fingerprint density at radius 2 is 1.65 bits per heavy atom. The predicted molar refractivity (Wildman–Crippen MR) is 135 cm³/mol. The van der Waals surface area contributed by atoms with E-state index in [0.29, 0.717) is 8.84 Å². The molecule has 5 rings (SSSR count). The van der Waals surface area contributed by atoms with E-state index in [1.165, 1.54) is 44.1 Å². The molecule has 3 saturated carbocycles. The van der Waals surface area contributed by atoms with Crippen molar-refractivity contribution in [2.75, 3.05) is 0 Å². The van der Waals surface area contributed by atoms with E-state index in [0.717, 1.165) is 29.1 Å². The fourth-order valence-corrected chi connectivity index (χ4v) is 9.13. The SMILES string of the molecule is CC1=C(O)C(=O)C=C2C1=CC=C1[C@@]2(C)CC[C@@]2(C)[C@@H]3C[C@](C)(I)CC[C@]3(C)CC[C@]12C. The Kier molecular flexibility index (Phi) is 4.53. The van der Waals surface area contributed by atoms with Crippen LogP contribution in [0.15, 0.2) is 46.3 Å². The average Bonchev–Trinajstić information content (AvgIpc) is 2.70. The number of ketones is 1. The van der Waals surface area contributed by atoms with Gasteiger partial charge in [0, 0.05) is 14.4 Å². The number of carbonyl (C=O) groups is 1. The van der Waals surface area contributed by atoms with Gasteiger partial charge < -0.3 is 5.11 Å². The van der Waals surface area contributed by atoms with E-state index in [4.69, 9.17) is 0 Å². The molecule has 2 nitrogen and oxygen atoms in total. The standard InChI is InChI=1S/C28H37IO2/c1-17-18-7-8-21-26(4,19(18)15-20(30)23(17)31)12-14-28(6)22-16-25(3,29)11-9-24(22,2)10-13-27(21,28)5/h7-8,15,22,31H,9-14,16H2,1-6H3/t22-,24-,25-,26+,27-,28+/m1/s1. The first kappa shape index (κ1) is 22.0. The number of carbonyl (C=O) groups excluding carboxylic acids is 1. The summed E-state index contributed by atoms with van der Waals surface area (Å²) in [6.45, 7) is 14.4. The summed E-state index contributed by atoms with van der Waals surface area (Å²) in [6.07, 6.45) is 15.1. The van der Waals surface area contributed by atoms with E-state index in [1.807, 2.05) is 6.92 Å². The molecule has 0 amide bonds.